The Morgan fingerprint density at radius 3 is 2.07 bits per heavy atom. The van der Waals surface area contributed by atoms with E-state index in [-0.39, 0.29) is 29.0 Å². The first-order valence-corrected chi connectivity index (χ1v) is 14.8. The third kappa shape index (κ3) is 7.56. The highest BCUT2D eigenvalue weighted by Gasteiger charge is 2.20. The quantitative estimate of drug-likeness (QED) is 0.157. The topological polar surface area (TPSA) is 144 Å². The second-order valence-corrected chi connectivity index (χ2v) is 11.1. The molecule has 0 aliphatic carbocycles. The number of sulfonamides is 1. The number of nitrogens with zero attached hydrogens (tertiary/aromatic N) is 2. The summed E-state index contributed by atoms with van der Waals surface area (Å²) in [7, 11) is -1.08. The monoisotopic (exact) mass is 598 g/mol. The zero-order valence-electron chi connectivity index (χ0n) is 23.5. The predicted molar refractivity (Wildman–Crippen MR) is 166 cm³/mol. The van der Waals surface area contributed by atoms with Gasteiger partial charge in [-0.15, -0.1) is 0 Å². The summed E-state index contributed by atoms with van der Waals surface area (Å²) in [5.74, 6) is 0.921. The van der Waals surface area contributed by atoms with E-state index in [1.165, 1.54) is 26.4 Å². The van der Waals surface area contributed by atoms with Crippen LogP contribution in [0.25, 0.3) is 11.0 Å². The highest BCUT2D eigenvalue weighted by Crippen LogP contribution is 2.31. The number of ether oxygens (including phenoxy) is 2. The molecule has 0 bridgehead atoms. The first-order chi connectivity index (χ1) is 20.8. The molecule has 0 fully saturated rings. The Labute approximate surface area is 249 Å². The van der Waals surface area contributed by atoms with Gasteiger partial charge in [0.25, 0.3) is 10.0 Å². The number of carbonyl (C=O) groups excluding carboxylic acids is 1. The molecular weight excluding hydrogens is 568 g/mol. The first-order valence-electron chi connectivity index (χ1n) is 13.3. The van der Waals surface area contributed by atoms with Gasteiger partial charge >= 0.3 is 0 Å². The Hall–Kier alpha value is -5.20. The molecule has 4 aromatic carbocycles. The Kier molecular flexibility index (Phi) is 8.99. The fourth-order valence-corrected chi connectivity index (χ4v) is 5.28. The van der Waals surface area contributed by atoms with E-state index >= 15 is 0 Å². The summed E-state index contributed by atoms with van der Waals surface area (Å²) in [6.07, 6.45) is 0. The summed E-state index contributed by atoms with van der Waals surface area (Å²) in [4.78, 5) is 21.6. The Morgan fingerprint density at radius 2 is 1.40 bits per heavy atom. The van der Waals surface area contributed by atoms with Gasteiger partial charge < -0.3 is 25.4 Å². The van der Waals surface area contributed by atoms with Gasteiger partial charge in [0.2, 0.25) is 5.91 Å². The smallest absolute Gasteiger partial charge is 0.263 e. The van der Waals surface area contributed by atoms with Crippen LogP contribution in [0, 0.1) is 0 Å². The lowest BCUT2D eigenvalue weighted by Crippen LogP contribution is -2.27. The highest BCUT2D eigenvalue weighted by atomic mass is 32.2. The van der Waals surface area contributed by atoms with Gasteiger partial charge in [0.1, 0.15) is 11.5 Å². The van der Waals surface area contributed by atoms with Crippen LogP contribution in [0.2, 0.25) is 0 Å². The summed E-state index contributed by atoms with van der Waals surface area (Å²) >= 11 is 0. The predicted octanol–water partition coefficient (Wildman–Crippen LogP) is 4.92. The number of methoxy groups -OCH3 is 2. The maximum atomic E-state index is 13.5. The van der Waals surface area contributed by atoms with Crippen molar-refractivity contribution in [1.82, 2.24) is 15.3 Å². The van der Waals surface area contributed by atoms with Crippen LogP contribution in [0.3, 0.4) is 0 Å². The van der Waals surface area contributed by atoms with E-state index in [0.717, 1.165) is 5.56 Å². The number of nitrogens with one attached hydrogen (secondary N) is 4. The van der Waals surface area contributed by atoms with E-state index in [1.54, 1.807) is 48.5 Å². The number of aromatic nitrogens is 2. The SMILES string of the molecule is COc1cc(Nc2nc3ccccc3nc2NS(=O)(=O)c2cccc(NC(=O)CNCc3ccccc3)c2)cc(OC)c1. The molecule has 0 radical (unpaired) electrons. The number of hydrogen-bond donors (Lipinski definition) is 4. The van der Waals surface area contributed by atoms with E-state index in [0.29, 0.717) is 40.5 Å². The van der Waals surface area contributed by atoms with Crippen molar-refractivity contribution in [1.29, 1.82) is 0 Å². The van der Waals surface area contributed by atoms with Crippen LogP contribution in [0.4, 0.5) is 23.0 Å². The number of amides is 1. The maximum absolute atomic E-state index is 13.5. The molecule has 220 valence electrons. The second kappa shape index (κ2) is 13.2. The van der Waals surface area contributed by atoms with E-state index in [2.05, 4.69) is 30.6 Å². The molecule has 1 aromatic heterocycles. The van der Waals surface area contributed by atoms with Gasteiger partial charge in [-0.05, 0) is 35.9 Å². The molecule has 0 saturated carbocycles. The van der Waals surface area contributed by atoms with Crippen molar-refractivity contribution in [2.45, 2.75) is 11.4 Å². The number of carbonyl (C=O) groups is 1. The van der Waals surface area contributed by atoms with Crippen molar-refractivity contribution in [2.75, 3.05) is 36.1 Å². The van der Waals surface area contributed by atoms with Crippen LogP contribution < -0.4 is 30.1 Å². The standard InChI is InChI=1S/C31H30N6O5S/c1-41-24-15-23(16-25(18-24)42-2)34-30-31(36-28-14-7-6-13-27(28)35-30)37-43(39,40)26-12-8-11-22(17-26)33-29(38)20-32-19-21-9-4-3-5-10-21/h3-18,32H,19-20H2,1-2H3,(H,33,38)(H,34,35)(H,36,37). The summed E-state index contributed by atoms with van der Waals surface area (Å²) in [5, 5.41) is 8.94. The third-order valence-electron chi connectivity index (χ3n) is 6.30. The molecule has 1 heterocycles. The van der Waals surface area contributed by atoms with Gasteiger partial charge in [0, 0.05) is 36.1 Å². The molecule has 0 spiro atoms. The average molecular weight is 599 g/mol. The van der Waals surface area contributed by atoms with Crippen LogP contribution in [0.1, 0.15) is 5.56 Å². The van der Waals surface area contributed by atoms with Crippen molar-refractivity contribution < 1.29 is 22.7 Å². The van der Waals surface area contributed by atoms with Gasteiger partial charge in [0.05, 0.1) is 36.7 Å². The fourth-order valence-electron chi connectivity index (χ4n) is 4.22. The average Bonchev–Trinajstić information content (AvgIpc) is 3.01. The molecule has 43 heavy (non-hydrogen) atoms. The van der Waals surface area contributed by atoms with Gasteiger partial charge in [-0.2, -0.15) is 0 Å². The van der Waals surface area contributed by atoms with Gasteiger partial charge in [-0.25, -0.2) is 18.4 Å². The Balaban J connectivity index is 1.36. The van der Waals surface area contributed by atoms with Crippen LogP contribution in [-0.4, -0.2) is 45.1 Å². The molecule has 1 amide bonds. The largest absolute Gasteiger partial charge is 0.497 e. The highest BCUT2D eigenvalue weighted by molar-refractivity contribution is 7.92. The minimum atomic E-state index is -4.14. The van der Waals surface area contributed by atoms with Crippen LogP contribution in [0.15, 0.2) is 102 Å². The molecule has 12 heteroatoms. The second-order valence-electron chi connectivity index (χ2n) is 9.41. The summed E-state index contributed by atoms with van der Waals surface area (Å²) in [6.45, 7) is 0.583. The normalized spacial score (nSPS) is 11.1. The van der Waals surface area contributed by atoms with Gasteiger partial charge in [0.15, 0.2) is 11.6 Å². The number of benzene rings is 4. The van der Waals surface area contributed by atoms with Crippen LogP contribution in [-0.2, 0) is 21.4 Å². The maximum Gasteiger partial charge on any atom is 0.263 e. The lowest BCUT2D eigenvalue weighted by atomic mass is 10.2. The first kappa shape index (κ1) is 29.3. The third-order valence-corrected chi connectivity index (χ3v) is 7.64. The lowest BCUT2D eigenvalue weighted by Gasteiger charge is -2.15. The van der Waals surface area contributed by atoms with Crippen molar-refractivity contribution >= 4 is 50.0 Å². The number of fused-ring (bicyclic) bond motifs is 1. The molecule has 0 aliphatic rings. The van der Waals surface area contributed by atoms with E-state index in [4.69, 9.17) is 9.47 Å². The molecule has 4 N–H and O–H groups in total. The molecular formula is C31H30N6O5S. The molecule has 5 rings (SSSR count). The lowest BCUT2D eigenvalue weighted by molar-refractivity contribution is -0.115. The summed E-state index contributed by atoms with van der Waals surface area (Å²) < 4.78 is 40.3. The minimum Gasteiger partial charge on any atom is -0.497 e. The number of para-hydroxylation sites is 2. The number of rotatable bonds is 12. The van der Waals surface area contributed by atoms with E-state index < -0.39 is 10.0 Å². The zero-order valence-corrected chi connectivity index (χ0v) is 24.3. The van der Waals surface area contributed by atoms with Crippen molar-refractivity contribution in [3.63, 3.8) is 0 Å². The molecule has 0 atom stereocenters. The van der Waals surface area contributed by atoms with Gasteiger partial charge in [-0.3, -0.25) is 9.52 Å². The van der Waals surface area contributed by atoms with Crippen molar-refractivity contribution in [3.05, 3.63) is 103 Å². The fraction of sp³-hybridized carbons (Fsp3) is 0.129. The molecule has 0 saturated heterocycles. The zero-order chi connectivity index (χ0) is 30.2. The van der Waals surface area contributed by atoms with Crippen LogP contribution in [0.5, 0.6) is 11.5 Å². The minimum absolute atomic E-state index is 0.0139. The Bertz CT molecular complexity index is 1830. The van der Waals surface area contributed by atoms with Crippen molar-refractivity contribution in [2.24, 2.45) is 0 Å². The molecule has 0 aliphatic heterocycles. The molecule has 11 nitrogen and oxygen atoms in total. The molecule has 0 unspecified atom stereocenters. The number of hydrogen-bond acceptors (Lipinski definition) is 9. The van der Waals surface area contributed by atoms with Crippen LogP contribution >= 0.6 is 0 Å². The summed E-state index contributed by atoms with van der Waals surface area (Å²) in [5.41, 5.74) is 2.99. The summed E-state index contributed by atoms with van der Waals surface area (Å²) in [6, 6.07) is 27.9. The van der Waals surface area contributed by atoms with E-state index in [1.807, 2.05) is 36.4 Å². The van der Waals surface area contributed by atoms with E-state index in [9.17, 15) is 13.2 Å². The van der Waals surface area contributed by atoms with Gasteiger partial charge in [-0.1, -0.05) is 48.5 Å². The molecule has 5 aromatic rings. The van der Waals surface area contributed by atoms with Crippen molar-refractivity contribution in [3.8, 4) is 11.5 Å². The Morgan fingerprint density at radius 1 is 0.744 bits per heavy atom. The number of anilines is 4.